The van der Waals surface area contributed by atoms with Crippen LogP contribution in [0.1, 0.15) is 27.9 Å². The van der Waals surface area contributed by atoms with Crippen molar-refractivity contribution >= 4 is 17.4 Å². The normalized spacial score (nSPS) is 19.6. The van der Waals surface area contributed by atoms with Crippen LogP contribution in [0, 0.1) is 0 Å². The van der Waals surface area contributed by atoms with E-state index in [1.807, 2.05) is 48.6 Å². The van der Waals surface area contributed by atoms with Crippen LogP contribution in [0.3, 0.4) is 0 Å². The van der Waals surface area contributed by atoms with Crippen molar-refractivity contribution in [2.24, 2.45) is 5.73 Å². The third-order valence-corrected chi connectivity index (χ3v) is 4.39. The molecule has 3 N–H and O–H groups in total. The Balaban J connectivity index is 1.91. The van der Waals surface area contributed by atoms with Gasteiger partial charge < -0.3 is 10.8 Å². The molecule has 24 heavy (non-hydrogen) atoms. The van der Waals surface area contributed by atoms with E-state index in [-0.39, 0.29) is 11.5 Å². The number of carbonyl (C=O) groups is 2. The van der Waals surface area contributed by atoms with E-state index in [1.54, 1.807) is 24.3 Å². The Bertz CT molecular complexity index is 835. The molecule has 0 radical (unpaired) electrons. The molecule has 120 valence electrons. The average molecular weight is 319 g/mol. The zero-order valence-corrected chi connectivity index (χ0v) is 13.0. The number of carboxylic acid groups (broad SMARTS) is 1. The number of nitrogens with two attached hydrogens (primary N) is 1. The third kappa shape index (κ3) is 2.74. The topological polar surface area (TPSA) is 80.4 Å². The highest BCUT2D eigenvalue weighted by Crippen LogP contribution is 2.36. The molecule has 0 spiro atoms. The van der Waals surface area contributed by atoms with E-state index in [9.17, 15) is 9.59 Å². The van der Waals surface area contributed by atoms with Gasteiger partial charge in [0, 0.05) is 0 Å². The Morgan fingerprint density at radius 2 is 1.67 bits per heavy atom. The Kier molecular flexibility index (Phi) is 4.04. The highest BCUT2D eigenvalue weighted by atomic mass is 16.4. The van der Waals surface area contributed by atoms with Crippen LogP contribution in [0.2, 0.25) is 0 Å². The Morgan fingerprint density at radius 1 is 1.00 bits per heavy atom. The maximum Gasteiger partial charge on any atom is 0.335 e. The summed E-state index contributed by atoms with van der Waals surface area (Å²) in [6.07, 6.45) is 6.15. The lowest BCUT2D eigenvalue weighted by Gasteiger charge is -2.29. The summed E-state index contributed by atoms with van der Waals surface area (Å²) in [5.74, 6) is -1.34. The summed E-state index contributed by atoms with van der Waals surface area (Å²) in [5.41, 5.74) is 7.81. The fourth-order valence-electron chi connectivity index (χ4n) is 2.93. The largest absolute Gasteiger partial charge is 0.478 e. The second kappa shape index (κ2) is 6.16. The molecule has 1 amide bonds. The smallest absolute Gasteiger partial charge is 0.335 e. The third-order valence-electron chi connectivity index (χ3n) is 4.39. The second-order valence-electron chi connectivity index (χ2n) is 5.78. The van der Waals surface area contributed by atoms with E-state index in [0.717, 1.165) is 16.7 Å². The molecular formula is C20H17NO3. The summed E-state index contributed by atoms with van der Waals surface area (Å²) in [6.45, 7) is 0. The number of rotatable bonds is 4. The number of carboxylic acids is 1. The highest BCUT2D eigenvalue weighted by molar-refractivity contribution is 5.92. The zero-order valence-electron chi connectivity index (χ0n) is 13.0. The average Bonchev–Trinajstić information content (AvgIpc) is 2.62. The van der Waals surface area contributed by atoms with Gasteiger partial charge in [0.15, 0.2) is 0 Å². The number of hydrogen-bond donors (Lipinski definition) is 2. The van der Waals surface area contributed by atoms with Crippen molar-refractivity contribution < 1.29 is 14.7 Å². The fourth-order valence-corrected chi connectivity index (χ4v) is 2.93. The summed E-state index contributed by atoms with van der Waals surface area (Å²) in [4.78, 5) is 23.0. The Morgan fingerprint density at radius 3 is 2.17 bits per heavy atom. The van der Waals surface area contributed by atoms with Crippen molar-refractivity contribution in [3.63, 3.8) is 0 Å². The van der Waals surface area contributed by atoms with Crippen LogP contribution in [0.25, 0.3) is 5.57 Å². The lowest BCUT2D eigenvalue weighted by atomic mass is 9.73. The maximum atomic E-state index is 12.1. The molecule has 0 heterocycles. The molecule has 0 fully saturated rings. The molecule has 2 aromatic carbocycles. The quantitative estimate of drug-likeness (QED) is 0.908. The fraction of sp³-hybridized carbons (Fsp3) is 0.100. The first-order valence-electron chi connectivity index (χ1n) is 7.61. The van der Waals surface area contributed by atoms with Crippen LogP contribution < -0.4 is 5.73 Å². The van der Waals surface area contributed by atoms with Crippen molar-refractivity contribution in [3.8, 4) is 0 Å². The highest BCUT2D eigenvalue weighted by Gasteiger charge is 2.36. The first-order chi connectivity index (χ1) is 11.5. The first kappa shape index (κ1) is 15.7. The molecule has 1 unspecified atom stereocenters. The van der Waals surface area contributed by atoms with E-state index >= 15 is 0 Å². The summed E-state index contributed by atoms with van der Waals surface area (Å²) in [7, 11) is 0. The van der Waals surface area contributed by atoms with Gasteiger partial charge in [-0.1, -0.05) is 60.7 Å². The molecule has 0 saturated heterocycles. The van der Waals surface area contributed by atoms with Gasteiger partial charge in [-0.15, -0.1) is 0 Å². The SMILES string of the molecule is NC(=O)C1(c2ccccc2)C=CC(c2ccc(C(=O)O)cc2)=CC1. The van der Waals surface area contributed by atoms with Crippen LogP contribution in [0.5, 0.6) is 0 Å². The number of aromatic carboxylic acids is 1. The minimum absolute atomic E-state index is 0.245. The van der Waals surface area contributed by atoms with Gasteiger partial charge in [-0.3, -0.25) is 4.79 Å². The van der Waals surface area contributed by atoms with Crippen LogP contribution in [0.4, 0.5) is 0 Å². The van der Waals surface area contributed by atoms with E-state index in [1.165, 1.54) is 0 Å². The molecule has 1 aliphatic rings. The van der Waals surface area contributed by atoms with Crippen LogP contribution in [0.15, 0.2) is 72.8 Å². The summed E-state index contributed by atoms with van der Waals surface area (Å²) in [6, 6.07) is 16.1. The summed E-state index contributed by atoms with van der Waals surface area (Å²) >= 11 is 0. The minimum atomic E-state index is -0.952. The zero-order chi connectivity index (χ0) is 17.2. The molecular weight excluding hydrogens is 302 g/mol. The number of primary amides is 1. The molecule has 4 heteroatoms. The van der Waals surface area contributed by atoms with Gasteiger partial charge in [-0.2, -0.15) is 0 Å². The van der Waals surface area contributed by atoms with Crippen LogP contribution in [-0.4, -0.2) is 17.0 Å². The molecule has 1 atom stereocenters. The van der Waals surface area contributed by atoms with Gasteiger partial charge in [0.2, 0.25) is 5.91 Å². The monoisotopic (exact) mass is 319 g/mol. The lowest BCUT2D eigenvalue weighted by Crippen LogP contribution is -2.40. The van der Waals surface area contributed by atoms with E-state index in [0.29, 0.717) is 6.42 Å². The number of amides is 1. The molecule has 1 aliphatic carbocycles. The summed E-state index contributed by atoms with van der Waals surface area (Å²) < 4.78 is 0. The van der Waals surface area contributed by atoms with Crippen molar-refractivity contribution in [1.29, 1.82) is 0 Å². The molecule has 0 aliphatic heterocycles. The maximum absolute atomic E-state index is 12.1. The minimum Gasteiger partial charge on any atom is -0.478 e. The lowest BCUT2D eigenvalue weighted by molar-refractivity contribution is -0.121. The van der Waals surface area contributed by atoms with Gasteiger partial charge in [-0.25, -0.2) is 4.79 Å². The van der Waals surface area contributed by atoms with Gasteiger partial charge in [0.25, 0.3) is 0 Å². The van der Waals surface area contributed by atoms with Crippen LogP contribution in [-0.2, 0) is 10.2 Å². The number of benzene rings is 2. The molecule has 0 aromatic heterocycles. The van der Waals surface area contributed by atoms with E-state index in [2.05, 4.69) is 0 Å². The predicted molar refractivity (Wildman–Crippen MR) is 92.4 cm³/mol. The van der Waals surface area contributed by atoms with Crippen molar-refractivity contribution in [3.05, 3.63) is 89.5 Å². The van der Waals surface area contributed by atoms with Crippen molar-refractivity contribution in [1.82, 2.24) is 0 Å². The second-order valence-corrected chi connectivity index (χ2v) is 5.78. The van der Waals surface area contributed by atoms with Gasteiger partial charge in [0.1, 0.15) is 0 Å². The predicted octanol–water partition coefficient (Wildman–Crippen LogP) is 3.15. The summed E-state index contributed by atoms with van der Waals surface area (Å²) in [5, 5.41) is 8.96. The standard InChI is InChI=1S/C20H17NO3/c21-19(24)20(17-4-2-1-3-5-17)12-10-15(11-13-20)14-6-8-16(9-7-14)18(22)23/h1-12H,13H2,(H2,21,24)(H,22,23). The van der Waals surface area contributed by atoms with Gasteiger partial charge in [-0.05, 0) is 35.3 Å². The Labute approximate surface area is 139 Å². The molecule has 0 bridgehead atoms. The Hall–Kier alpha value is -3.14. The van der Waals surface area contributed by atoms with Gasteiger partial charge in [0.05, 0.1) is 11.0 Å². The molecule has 0 saturated carbocycles. The van der Waals surface area contributed by atoms with E-state index < -0.39 is 11.4 Å². The van der Waals surface area contributed by atoms with Crippen molar-refractivity contribution in [2.75, 3.05) is 0 Å². The van der Waals surface area contributed by atoms with E-state index in [4.69, 9.17) is 10.8 Å². The number of carbonyl (C=O) groups excluding carboxylic acids is 1. The number of allylic oxidation sites excluding steroid dienone is 3. The molecule has 2 aromatic rings. The molecule has 4 nitrogen and oxygen atoms in total. The number of hydrogen-bond acceptors (Lipinski definition) is 2. The van der Waals surface area contributed by atoms with Crippen LogP contribution >= 0.6 is 0 Å². The first-order valence-corrected chi connectivity index (χ1v) is 7.61. The van der Waals surface area contributed by atoms with Crippen molar-refractivity contribution in [2.45, 2.75) is 11.8 Å². The van der Waals surface area contributed by atoms with Gasteiger partial charge >= 0.3 is 5.97 Å². The molecule has 3 rings (SSSR count).